The van der Waals surface area contributed by atoms with Crippen molar-refractivity contribution in [2.75, 3.05) is 6.54 Å². The highest BCUT2D eigenvalue weighted by molar-refractivity contribution is 5.96. The summed E-state index contributed by atoms with van der Waals surface area (Å²) < 4.78 is 20.4. The van der Waals surface area contributed by atoms with Crippen molar-refractivity contribution in [1.82, 2.24) is 15.1 Å². The molecule has 0 spiro atoms. The van der Waals surface area contributed by atoms with Crippen molar-refractivity contribution in [3.8, 4) is 0 Å². The van der Waals surface area contributed by atoms with Gasteiger partial charge in [-0.2, -0.15) is 0 Å². The van der Waals surface area contributed by atoms with Gasteiger partial charge in [0.15, 0.2) is 0 Å². The zero-order valence-electron chi connectivity index (χ0n) is 20.5. The van der Waals surface area contributed by atoms with Crippen LogP contribution in [0.3, 0.4) is 0 Å². The molecule has 2 unspecified atom stereocenters. The van der Waals surface area contributed by atoms with Crippen LogP contribution in [0.25, 0.3) is 0 Å². The Morgan fingerprint density at radius 2 is 1.94 bits per heavy atom. The highest BCUT2D eigenvalue weighted by atomic mass is 19.1. The summed E-state index contributed by atoms with van der Waals surface area (Å²) in [5.74, 6) is -1.63. The molecule has 2 N–H and O–H groups in total. The standard InChI is InChI=1S/C27H31FN4O3/c1-17(2)20-11-10-19(14-22(20)28)21-12-13-32(25(34)26(3,4)24-31-30-16-35-24)27(21,23(29)33)15-18-8-6-5-7-9-18/h5-11,14,16-17,21H,12-13,15H2,1-4H3,(H2,29,33). The van der Waals surface area contributed by atoms with Crippen LogP contribution in [0.2, 0.25) is 0 Å². The Morgan fingerprint density at radius 3 is 2.51 bits per heavy atom. The second-order valence-electron chi connectivity index (χ2n) is 10.1. The van der Waals surface area contributed by atoms with Crippen LogP contribution < -0.4 is 5.73 Å². The lowest BCUT2D eigenvalue weighted by Crippen LogP contribution is -2.62. The number of benzene rings is 2. The van der Waals surface area contributed by atoms with E-state index in [1.54, 1.807) is 24.8 Å². The first-order chi connectivity index (χ1) is 16.6. The quantitative estimate of drug-likeness (QED) is 0.551. The maximum absolute atomic E-state index is 15.0. The van der Waals surface area contributed by atoms with Crippen LogP contribution in [0.1, 0.15) is 68.5 Å². The second kappa shape index (κ2) is 9.24. The predicted molar refractivity (Wildman–Crippen MR) is 129 cm³/mol. The maximum Gasteiger partial charge on any atom is 0.244 e. The molecule has 0 saturated carbocycles. The molecule has 1 saturated heterocycles. The van der Waals surface area contributed by atoms with Crippen LogP contribution in [-0.2, 0) is 21.4 Å². The molecule has 7 nitrogen and oxygen atoms in total. The summed E-state index contributed by atoms with van der Waals surface area (Å²) in [5, 5.41) is 7.65. The average Bonchev–Trinajstić information content (AvgIpc) is 3.48. The number of primary amides is 1. The van der Waals surface area contributed by atoms with Crippen molar-refractivity contribution in [1.29, 1.82) is 0 Å². The van der Waals surface area contributed by atoms with Gasteiger partial charge in [0.1, 0.15) is 16.8 Å². The Hall–Kier alpha value is -3.55. The number of rotatable bonds is 7. The largest absolute Gasteiger partial charge is 0.427 e. The van der Waals surface area contributed by atoms with Gasteiger partial charge in [0.05, 0.1) is 0 Å². The highest BCUT2D eigenvalue weighted by Crippen LogP contribution is 2.46. The third-order valence-corrected chi connectivity index (χ3v) is 7.17. The molecule has 1 aliphatic heterocycles. The van der Waals surface area contributed by atoms with Gasteiger partial charge in [-0.05, 0) is 48.9 Å². The minimum absolute atomic E-state index is 0.0196. The number of nitrogens with two attached hydrogens (primary N) is 1. The molecule has 0 bridgehead atoms. The summed E-state index contributed by atoms with van der Waals surface area (Å²) in [7, 11) is 0. The number of likely N-dealkylation sites (tertiary alicyclic amines) is 1. The molecule has 2 atom stereocenters. The van der Waals surface area contributed by atoms with Gasteiger partial charge in [-0.3, -0.25) is 9.59 Å². The third kappa shape index (κ3) is 4.22. The number of nitrogens with zero attached hydrogens (tertiary/aromatic N) is 3. The van der Waals surface area contributed by atoms with Gasteiger partial charge >= 0.3 is 0 Å². The summed E-state index contributed by atoms with van der Waals surface area (Å²) in [4.78, 5) is 28.9. The van der Waals surface area contributed by atoms with E-state index in [4.69, 9.17) is 10.2 Å². The van der Waals surface area contributed by atoms with E-state index < -0.39 is 22.8 Å². The van der Waals surface area contributed by atoms with E-state index in [1.165, 1.54) is 12.5 Å². The molecule has 2 aromatic carbocycles. The molecule has 1 aliphatic rings. The summed E-state index contributed by atoms with van der Waals surface area (Å²) >= 11 is 0. The van der Waals surface area contributed by atoms with Gasteiger partial charge in [0.25, 0.3) is 0 Å². The SMILES string of the molecule is CC(C)c1ccc(C2CCN(C(=O)C(C)(C)c3nnco3)C2(Cc2ccccc2)C(N)=O)cc1F. The minimum Gasteiger partial charge on any atom is -0.427 e. The fourth-order valence-electron chi connectivity index (χ4n) is 5.23. The molecule has 4 rings (SSSR count). The monoisotopic (exact) mass is 478 g/mol. The third-order valence-electron chi connectivity index (χ3n) is 7.17. The predicted octanol–water partition coefficient (Wildman–Crippen LogP) is 4.09. The topological polar surface area (TPSA) is 102 Å². The molecule has 8 heteroatoms. The van der Waals surface area contributed by atoms with Crippen molar-refractivity contribution < 1.29 is 18.4 Å². The van der Waals surface area contributed by atoms with Crippen LogP contribution in [0, 0.1) is 5.82 Å². The number of halogens is 1. The summed E-state index contributed by atoms with van der Waals surface area (Å²) in [6, 6.07) is 14.5. The average molecular weight is 479 g/mol. The molecule has 3 aromatic rings. The van der Waals surface area contributed by atoms with Crippen LogP contribution in [0.4, 0.5) is 4.39 Å². The zero-order chi connectivity index (χ0) is 25.4. The lowest BCUT2D eigenvalue weighted by Gasteiger charge is -2.42. The Labute approximate surface area is 204 Å². The smallest absolute Gasteiger partial charge is 0.244 e. The fraction of sp³-hybridized carbons (Fsp3) is 0.407. The second-order valence-corrected chi connectivity index (χ2v) is 10.1. The van der Waals surface area contributed by atoms with Crippen molar-refractivity contribution >= 4 is 11.8 Å². The van der Waals surface area contributed by atoms with Gasteiger partial charge in [-0.15, -0.1) is 10.2 Å². The molecule has 2 amide bonds. The Bertz CT molecular complexity index is 1210. The molecule has 1 aromatic heterocycles. The number of amides is 2. The van der Waals surface area contributed by atoms with Crippen molar-refractivity contribution in [2.24, 2.45) is 5.73 Å². The molecule has 184 valence electrons. The Balaban J connectivity index is 1.85. The van der Waals surface area contributed by atoms with E-state index >= 15 is 4.39 Å². The lowest BCUT2D eigenvalue weighted by atomic mass is 9.74. The molecular formula is C27H31FN4O3. The van der Waals surface area contributed by atoms with Crippen molar-refractivity contribution in [2.45, 2.75) is 63.3 Å². The molecule has 2 heterocycles. The molecule has 1 fully saturated rings. The number of carbonyl (C=O) groups excluding carboxylic acids is 2. The molecule has 0 aliphatic carbocycles. The van der Waals surface area contributed by atoms with Crippen molar-refractivity contribution in [3.63, 3.8) is 0 Å². The van der Waals surface area contributed by atoms with Crippen LogP contribution in [-0.4, -0.2) is 39.0 Å². The highest BCUT2D eigenvalue weighted by Gasteiger charge is 2.58. The zero-order valence-corrected chi connectivity index (χ0v) is 20.5. The number of hydrogen-bond donors (Lipinski definition) is 1. The van der Waals surface area contributed by atoms with E-state index in [0.29, 0.717) is 17.5 Å². The number of carbonyl (C=O) groups is 2. The van der Waals surface area contributed by atoms with E-state index in [-0.39, 0.29) is 36.5 Å². The summed E-state index contributed by atoms with van der Waals surface area (Å²) in [5.41, 5.74) is 5.65. The lowest BCUT2D eigenvalue weighted by molar-refractivity contribution is -0.148. The van der Waals surface area contributed by atoms with Crippen LogP contribution in [0.5, 0.6) is 0 Å². The van der Waals surface area contributed by atoms with E-state index in [2.05, 4.69) is 10.2 Å². The summed E-state index contributed by atoms with van der Waals surface area (Å²) in [6.07, 6.45) is 1.83. The molecule has 0 radical (unpaired) electrons. The first-order valence-electron chi connectivity index (χ1n) is 11.8. The Kier molecular flexibility index (Phi) is 6.49. The first-order valence-corrected chi connectivity index (χ1v) is 11.8. The first kappa shape index (κ1) is 24.6. The van der Waals surface area contributed by atoms with Gasteiger partial charge in [0.2, 0.25) is 24.1 Å². The van der Waals surface area contributed by atoms with Gasteiger partial charge < -0.3 is 15.1 Å². The normalized spacial score (nSPS) is 20.4. The minimum atomic E-state index is -1.40. The van der Waals surface area contributed by atoms with Gasteiger partial charge in [0, 0.05) is 18.9 Å². The van der Waals surface area contributed by atoms with Gasteiger partial charge in [-0.25, -0.2) is 4.39 Å². The van der Waals surface area contributed by atoms with Crippen molar-refractivity contribution in [3.05, 3.63) is 83.3 Å². The Morgan fingerprint density at radius 1 is 1.23 bits per heavy atom. The number of hydrogen-bond acceptors (Lipinski definition) is 5. The number of aromatic nitrogens is 2. The van der Waals surface area contributed by atoms with E-state index in [1.807, 2.05) is 50.2 Å². The molecular weight excluding hydrogens is 447 g/mol. The fourth-order valence-corrected chi connectivity index (χ4v) is 5.23. The van der Waals surface area contributed by atoms with Gasteiger partial charge in [-0.1, -0.05) is 56.3 Å². The van der Waals surface area contributed by atoms with E-state index in [9.17, 15) is 9.59 Å². The van der Waals surface area contributed by atoms with E-state index in [0.717, 1.165) is 5.56 Å². The van der Waals surface area contributed by atoms with Crippen LogP contribution >= 0.6 is 0 Å². The maximum atomic E-state index is 15.0. The molecule has 35 heavy (non-hydrogen) atoms. The summed E-state index contributed by atoms with van der Waals surface area (Å²) in [6.45, 7) is 7.50. The van der Waals surface area contributed by atoms with Crippen LogP contribution in [0.15, 0.2) is 59.3 Å².